The van der Waals surface area contributed by atoms with E-state index in [2.05, 4.69) is 15.4 Å². The summed E-state index contributed by atoms with van der Waals surface area (Å²) in [7, 11) is 0. The largest absolute Gasteiger partial charge is 0.333 e. The maximum atomic E-state index is 13.3. The Kier molecular flexibility index (Phi) is 4.80. The van der Waals surface area contributed by atoms with Crippen molar-refractivity contribution in [2.45, 2.75) is 44.2 Å². The molecule has 0 radical (unpaired) electrons. The smallest absolute Gasteiger partial charge is 0.323 e. The van der Waals surface area contributed by atoms with Crippen molar-refractivity contribution in [1.82, 2.24) is 24.8 Å². The molecule has 2 aromatic rings. The van der Waals surface area contributed by atoms with Crippen molar-refractivity contribution in [2.24, 2.45) is 0 Å². The Morgan fingerprint density at radius 3 is 2.80 bits per heavy atom. The normalized spacial score (nSPS) is 18.6. The van der Waals surface area contributed by atoms with E-state index in [1.54, 1.807) is 0 Å². The summed E-state index contributed by atoms with van der Waals surface area (Å²) in [6.07, 6.45) is -2.95. The Labute approximate surface area is 148 Å². The second-order valence-corrected chi connectivity index (χ2v) is 7.23. The van der Waals surface area contributed by atoms with E-state index in [1.165, 1.54) is 20.8 Å². The minimum absolute atomic E-state index is 0.0676. The van der Waals surface area contributed by atoms with Crippen molar-refractivity contribution in [3.8, 4) is 0 Å². The summed E-state index contributed by atoms with van der Waals surface area (Å²) < 4.78 is 53.6. The van der Waals surface area contributed by atoms with Crippen LogP contribution in [0.25, 0.3) is 4.96 Å². The first-order chi connectivity index (χ1) is 11.7. The number of alkyl halides is 5. The van der Waals surface area contributed by atoms with E-state index in [9.17, 15) is 22.4 Å². The molecule has 0 spiro atoms. The number of nitrogens with one attached hydrogen (secondary N) is 1. The molecule has 0 aromatic carbocycles. The molecule has 0 bridgehead atoms. The van der Waals surface area contributed by atoms with Crippen molar-refractivity contribution in [3.63, 3.8) is 0 Å². The van der Waals surface area contributed by atoms with Gasteiger partial charge >= 0.3 is 11.4 Å². The highest BCUT2D eigenvalue weighted by atomic mass is 35.5. The van der Waals surface area contributed by atoms with Gasteiger partial charge in [0.25, 0.3) is 6.43 Å². The highest BCUT2D eigenvalue weighted by Gasteiger charge is 2.37. The molecule has 12 heteroatoms. The molecule has 1 aliphatic rings. The number of rotatable bonds is 6. The molecule has 1 unspecified atom stereocenters. The van der Waals surface area contributed by atoms with Crippen LogP contribution >= 0.6 is 22.9 Å². The molecule has 0 aliphatic carbocycles. The van der Waals surface area contributed by atoms with Crippen LogP contribution in [0.5, 0.6) is 0 Å². The molecular weight excluding hydrogens is 386 g/mol. The van der Waals surface area contributed by atoms with Crippen LogP contribution in [-0.2, 0) is 13.0 Å². The molecule has 0 saturated carbocycles. The van der Waals surface area contributed by atoms with E-state index in [4.69, 9.17) is 11.6 Å². The zero-order chi connectivity index (χ0) is 18.4. The van der Waals surface area contributed by atoms with E-state index in [1.807, 2.05) is 6.92 Å². The minimum atomic E-state index is -3.45. The molecule has 3 heterocycles. The van der Waals surface area contributed by atoms with Crippen LogP contribution < -0.4 is 5.32 Å². The first-order valence-corrected chi connectivity index (χ1v) is 8.65. The van der Waals surface area contributed by atoms with Crippen molar-refractivity contribution in [2.75, 3.05) is 6.54 Å². The number of nitrogens with zero attached hydrogens (tertiary/aromatic N) is 4. The van der Waals surface area contributed by atoms with Crippen LogP contribution in [0.2, 0.25) is 0 Å². The third-order valence-electron chi connectivity index (χ3n) is 3.75. The molecule has 3 rings (SSSR count). The number of hydrogen-bond donors (Lipinski definition) is 1. The number of urea groups is 1. The molecule has 6 nitrogen and oxygen atoms in total. The van der Waals surface area contributed by atoms with Gasteiger partial charge in [-0.3, -0.25) is 0 Å². The number of aromatic nitrogens is 3. The number of hydrogen-bond acceptors (Lipinski definition) is 4. The van der Waals surface area contributed by atoms with Gasteiger partial charge in [-0.15, -0.1) is 0 Å². The third kappa shape index (κ3) is 3.81. The molecule has 25 heavy (non-hydrogen) atoms. The number of amides is 2. The number of imidazole rings is 1. The fourth-order valence-electron chi connectivity index (χ4n) is 2.68. The summed E-state index contributed by atoms with van der Waals surface area (Å²) in [5.41, 5.74) is -0.380. The number of carbonyl (C=O) groups is 1. The average Bonchev–Trinajstić information content (AvgIpc) is 3.12. The van der Waals surface area contributed by atoms with Gasteiger partial charge in [0, 0.05) is 13.0 Å². The Bertz CT molecular complexity index is 789. The first-order valence-electron chi connectivity index (χ1n) is 7.45. The molecule has 2 amide bonds. The quantitative estimate of drug-likeness (QED) is 0.598. The van der Waals surface area contributed by atoms with Crippen molar-refractivity contribution < 1.29 is 22.4 Å². The maximum Gasteiger partial charge on any atom is 0.323 e. The number of fused-ring (bicyclic) bond motifs is 1. The predicted octanol–water partition coefficient (Wildman–Crippen LogP) is 3.41. The van der Waals surface area contributed by atoms with Gasteiger partial charge in [-0.2, -0.15) is 13.9 Å². The van der Waals surface area contributed by atoms with Crippen LogP contribution in [0.15, 0.2) is 0 Å². The molecule has 1 atom stereocenters. The number of halogens is 5. The molecule has 1 aliphatic heterocycles. The minimum Gasteiger partial charge on any atom is -0.333 e. The van der Waals surface area contributed by atoms with Gasteiger partial charge in [-0.05, 0) is 18.0 Å². The molecule has 1 N–H and O–H groups in total. The van der Waals surface area contributed by atoms with E-state index in [0.717, 1.165) is 5.01 Å². The van der Waals surface area contributed by atoms with Gasteiger partial charge in [0.2, 0.25) is 4.96 Å². The molecule has 1 saturated heterocycles. The highest BCUT2D eigenvalue weighted by molar-refractivity contribution is 7.16. The molecule has 1 fully saturated rings. The van der Waals surface area contributed by atoms with E-state index in [-0.39, 0.29) is 18.8 Å². The SMILES string of the molecule is CCc1nn2c(CN3CC(CC(F)(F)Cl)NC3=O)c(C(F)F)nc2s1. The van der Waals surface area contributed by atoms with E-state index < -0.39 is 36.0 Å². The van der Waals surface area contributed by atoms with Crippen LogP contribution in [0.4, 0.5) is 22.4 Å². The Morgan fingerprint density at radius 1 is 1.48 bits per heavy atom. The monoisotopic (exact) mass is 399 g/mol. The summed E-state index contributed by atoms with van der Waals surface area (Å²) in [4.78, 5) is 17.3. The molecular formula is C13H14ClF4N5OS. The zero-order valence-electron chi connectivity index (χ0n) is 13.0. The third-order valence-corrected chi connectivity index (χ3v) is 4.96. The van der Waals surface area contributed by atoms with Crippen LogP contribution in [0.3, 0.4) is 0 Å². The highest BCUT2D eigenvalue weighted by Crippen LogP contribution is 2.30. The molecule has 2 aromatic heterocycles. The van der Waals surface area contributed by atoms with E-state index >= 15 is 0 Å². The maximum absolute atomic E-state index is 13.3. The van der Waals surface area contributed by atoms with Crippen LogP contribution in [-0.4, -0.2) is 43.5 Å². The molecule has 138 valence electrons. The van der Waals surface area contributed by atoms with Gasteiger partial charge in [-0.25, -0.2) is 23.1 Å². The van der Waals surface area contributed by atoms with Gasteiger partial charge < -0.3 is 10.2 Å². The predicted molar refractivity (Wildman–Crippen MR) is 83.3 cm³/mol. The van der Waals surface area contributed by atoms with Crippen molar-refractivity contribution in [1.29, 1.82) is 0 Å². The van der Waals surface area contributed by atoms with Gasteiger partial charge in [0.1, 0.15) is 10.7 Å². The summed E-state index contributed by atoms with van der Waals surface area (Å²) >= 11 is 6.08. The summed E-state index contributed by atoms with van der Waals surface area (Å²) in [6.45, 7) is 1.60. The van der Waals surface area contributed by atoms with Crippen molar-refractivity contribution >= 4 is 33.9 Å². The number of aryl methyl sites for hydroxylation is 1. The van der Waals surface area contributed by atoms with Crippen LogP contribution in [0.1, 0.15) is 36.2 Å². The van der Waals surface area contributed by atoms with Gasteiger partial charge in [-0.1, -0.05) is 18.3 Å². The zero-order valence-corrected chi connectivity index (χ0v) is 14.6. The first kappa shape index (κ1) is 18.2. The second-order valence-electron chi connectivity index (χ2n) is 5.63. The Morgan fingerprint density at radius 2 is 2.20 bits per heavy atom. The second kappa shape index (κ2) is 6.60. The Hall–Kier alpha value is -1.62. The van der Waals surface area contributed by atoms with Crippen molar-refractivity contribution in [3.05, 3.63) is 16.4 Å². The fraction of sp³-hybridized carbons (Fsp3) is 0.615. The summed E-state index contributed by atoms with van der Waals surface area (Å²) in [5.74, 6) is 0. The lowest BCUT2D eigenvalue weighted by Gasteiger charge is -2.16. The topological polar surface area (TPSA) is 62.5 Å². The van der Waals surface area contributed by atoms with Gasteiger partial charge in [0.15, 0.2) is 0 Å². The average molecular weight is 400 g/mol. The fourth-order valence-corrected chi connectivity index (χ4v) is 3.73. The summed E-state index contributed by atoms with van der Waals surface area (Å²) in [6, 6.07) is -1.48. The lowest BCUT2D eigenvalue weighted by Crippen LogP contribution is -2.31. The standard InChI is InChI=1S/C13H14ClF4N5OS/c1-2-8-21-23-7(9(10(15)16)20-12(23)25-8)5-22-4-6(19-11(22)24)3-13(14,17)18/h6,10H,2-5H2,1H3,(H,19,24). The lowest BCUT2D eigenvalue weighted by molar-refractivity contribution is 0.0759. The Balaban J connectivity index is 1.85. The lowest BCUT2D eigenvalue weighted by atomic mass is 10.2. The number of carbonyl (C=O) groups excluding carboxylic acids is 1. The summed E-state index contributed by atoms with van der Waals surface area (Å²) in [5, 5.41) is 3.86. The van der Waals surface area contributed by atoms with Crippen LogP contribution in [0, 0.1) is 0 Å². The van der Waals surface area contributed by atoms with E-state index in [0.29, 0.717) is 11.4 Å². The van der Waals surface area contributed by atoms with Gasteiger partial charge in [0.05, 0.1) is 18.3 Å².